The molecule has 114 valence electrons. The van der Waals surface area contributed by atoms with E-state index >= 15 is 0 Å². The second-order valence-electron chi connectivity index (χ2n) is 6.04. The van der Waals surface area contributed by atoms with Gasteiger partial charge < -0.3 is 0 Å². The third-order valence-corrected chi connectivity index (χ3v) is 12.9. The van der Waals surface area contributed by atoms with Gasteiger partial charge in [0.1, 0.15) is 0 Å². The van der Waals surface area contributed by atoms with Crippen LogP contribution in [0.2, 0.25) is 14.9 Å². The van der Waals surface area contributed by atoms with E-state index in [1.807, 2.05) is 0 Å². The van der Waals surface area contributed by atoms with Crippen LogP contribution >= 0.6 is 0 Å². The van der Waals surface area contributed by atoms with E-state index in [1.54, 1.807) is 14.9 Å². The zero-order valence-corrected chi connectivity index (χ0v) is 16.8. The van der Waals surface area contributed by atoms with Crippen LogP contribution in [0.4, 0.5) is 0 Å². The van der Waals surface area contributed by atoms with E-state index in [9.17, 15) is 0 Å². The van der Waals surface area contributed by atoms with Crippen LogP contribution in [0.1, 0.15) is 73.1 Å². The molecule has 0 aromatic carbocycles. The van der Waals surface area contributed by atoms with Crippen molar-refractivity contribution in [2.45, 2.75) is 94.1 Å². The molecule has 19 heavy (non-hydrogen) atoms. The van der Waals surface area contributed by atoms with Crippen LogP contribution < -0.4 is 0 Å². The summed E-state index contributed by atoms with van der Waals surface area (Å²) < 4.78 is 0. The number of hydrogen-bond donors (Lipinski definition) is 0. The van der Waals surface area contributed by atoms with Crippen LogP contribution in [0.5, 0.6) is 0 Å². The number of nitrogens with zero attached hydrogens (tertiary/aromatic N) is 1. The summed E-state index contributed by atoms with van der Waals surface area (Å²) in [6.07, 6.45) is 8.62. The van der Waals surface area contributed by atoms with Crippen LogP contribution in [-0.2, 0) is 0 Å². The van der Waals surface area contributed by atoms with E-state index in [0.717, 1.165) is 6.04 Å². The second kappa shape index (κ2) is 13.6. The first-order chi connectivity index (χ1) is 9.23. The molecule has 0 heterocycles. The standard InChI is InChI=1S/C11H24N.2C3H7.Ga/c1-5-9-11(10-6-2)12(7-3)8-4;2*1-3-2;/h11H,1,5-10H2,2-4H3;2*1,3H2,2H3;. The van der Waals surface area contributed by atoms with E-state index in [1.165, 1.54) is 51.6 Å². The van der Waals surface area contributed by atoms with Gasteiger partial charge >= 0.3 is 128 Å². The SMILES string of the molecule is CCCC(CC[CH2][Ga]([CH2]CC)[CH2]CC)N(CC)CC. The topological polar surface area (TPSA) is 3.24 Å². The van der Waals surface area contributed by atoms with Crippen molar-refractivity contribution >= 4 is 16.2 Å². The summed E-state index contributed by atoms with van der Waals surface area (Å²) >= 11 is -0.861. The van der Waals surface area contributed by atoms with Crippen molar-refractivity contribution in [2.75, 3.05) is 13.1 Å². The molecule has 0 radical (unpaired) electrons. The monoisotopic (exact) mass is 325 g/mol. The molecule has 0 spiro atoms. The van der Waals surface area contributed by atoms with E-state index in [4.69, 9.17) is 0 Å². The van der Waals surface area contributed by atoms with Gasteiger partial charge in [0.15, 0.2) is 0 Å². The van der Waals surface area contributed by atoms with Crippen molar-refractivity contribution in [3.05, 3.63) is 0 Å². The van der Waals surface area contributed by atoms with Gasteiger partial charge in [0, 0.05) is 0 Å². The van der Waals surface area contributed by atoms with E-state index in [-0.39, 0.29) is 0 Å². The van der Waals surface area contributed by atoms with Gasteiger partial charge in [-0.05, 0) is 0 Å². The Labute approximate surface area is 128 Å². The van der Waals surface area contributed by atoms with Crippen LogP contribution in [-0.4, -0.2) is 40.2 Å². The summed E-state index contributed by atoms with van der Waals surface area (Å²) in [5, 5.41) is 0. The van der Waals surface area contributed by atoms with Gasteiger partial charge in [-0.1, -0.05) is 0 Å². The fourth-order valence-electron chi connectivity index (χ4n) is 3.47. The zero-order valence-electron chi connectivity index (χ0n) is 14.4. The fraction of sp³-hybridized carbons (Fsp3) is 1.00. The van der Waals surface area contributed by atoms with Crippen molar-refractivity contribution in [3.63, 3.8) is 0 Å². The van der Waals surface area contributed by atoms with Crippen LogP contribution in [0.3, 0.4) is 0 Å². The first-order valence-electron chi connectivity index (χ1n) is 8.97. The van der Waals surface area contributed by atoms with Crippen LogP contribution in [0.25, 0.3) is 0 Å². The summed E-state index contributed by atoms with van der Waals surface area (Å²) in [6.45, 7) is 14.2. The predicted octanol–water partition coefficient (Wildman–Crippen LogP) is 5.59. The molecule has 1 atom stereocenters. The molecule has 0 bridgehead atoms. The van der Waals surface area contributed by atoms with Crippen molar-refractivity contribution in [1.29, 1.82) is 0 Å². The van der Waals surface area contributed by atoms with Gasteiger partial charge in [-0.2, -0.15) is 0 Å². The van der Waals surface area contributed by atoms with Crippen molar-refractivity contribution in [2.24, 2.45) is 0 Å². The molecule has 0 aliphatic carbocycles. The first-order valence-corrected chi connectivity index (χ1v) is 14.1. The number of rotatable bonds is 13. The van der Waals surface area contributed by atoms with Crippen molar-refractivity contribution in [3.8, 4) is 0 Å². The molecular formula is C17H38GaN. The van der Waals surface area contributed by atoms with Gasteiger partial charge in [0.2, 0.25) is 0 Å². The zero-order chi connectivity index (χ0) is 14.5. The van der Waals surface area contributed by atoms with E-state index in [2.05, 4.69) is 39.5 Å². The van der Waals surface area contributed by atoms with E-state index in [0.29, 0.717) is 0 Å². The van der Waals surface area contributed by atoms with Crippen molar-refractivity contribution in [1.82, 2.24) is 4.90 Å². The molecule has 0 amide bonds. The molecule has 0 aromatic heterocycles. The predicted molar refractivity (Wildman–Crippen MR) is 91.6 cm³/mol. The quantitative estimate of drug-likeness (QED) is 0.399. The molecule has 0 rings (SSSR count). The third kappa shape index (κ3) is 9.20. The minimum atomic E-state index is -0.861. The normalized spacial score (nSPS) is 12.9. The Hall–Kier alpha value is 0.596. The second-order valence-corrected chi connectivity index (χ2v) is 13.3. The van der Waals surface area contributed by atoms with E-state index < -0.39 is 16.2 Å². The van der Waals surface area contributed by atoms with Crippen LogP contribution in [0.15, 0.2) is 0 Å². The maximum absolute atomic E-state index is 2.69. The van der Waals surface area contributed by atoms with Gasteiger partial charge in [0.25, 0.3) is 0 Å². The van der Waals surface area contributed by atoms with Gasteiger partial charge in [-0.25, -0.2) is 0 Å². The first kappa shape index (κ1) is 19.6. The summed E-state index contributed by atoms with van der Waals surface area (Å²) in [6, 6.07) is 0.867. The Bertz CT molecular complexity index is 174. The third-order valence-electron chi connectivity index (χ3n) is 4.49. The fourth-order valence-corrected chi connectivity index (χ4v) is 10.4. The van der Waals surface area contributed by atoms with Gasteiger partial charge in [-0.3, -0.25) is 0 Å². The molecule has 1 unspecified atom stereocenters. The van der Waals surface area contributed by atoms with Crippen molar-refractivity contribution < 1.29 is 0 Å². The van der Waals surface area contributed by atoms with Gasteiger partial charge in [0.05, 0.1) is 0 Å². The Morgan fingerprint density at radius 1 is 0.737 bits per heavy atom. The molecule has 0 N–H and O–H groups in total. The Balaban J connectivity index is 4.07. The molecule has 2 heteroatoms. The Morgan fingerprint density at radius 3 is 1.74 bits per heavy atom. The van der Waals surface area contributed by atoms with Gasteiger partial charge in [-0.15, -0.1) is 0 Å². The Morgan fingerprint density at radius 2 is 1.32 bits per heavy atom. The summed E-state index contributed by atoms with van der Waals surface area (Å²) in [5.74, 6) is 0. The molecule has 1 nitrogen and oxygen atoms in total. The average molecular weight is 326 g/mol. The maximum atomic E-state index is 2.69. The summed E-state index contributed by atoms with van der Waals surface area (Å²) in [5.41, 5.74) is 0. The molecule has 0 aliphatic rings. The Kier molecular flexibility index (Phi) is 14.0. The average Bonchev–Trinajstić information content (AvgIpc) is 2.40. The molecule has 0 aliphatic heterocycles. The molecule has 0 aromatic rings. The molecular weight excluding hydrogens is 288 g/mol. The molecule has 0 fully saturated rings. The van der Waals surface area contributed by atoms with Crippen LogP contribution in [0, 0.1) is 0 Å². The number of hydrogen-bond acceptors (Lipinski definition) is 1. The molecule has 0 saturated heterocycles. The minimum absolute atomic E-state index is 0.861. The molecule has 0 saturated carbocycles. The summed E-state index contributed by atoms with van der Waals surface area (Å²) in [4.78, 5) is 7.59. The summed E-state index contributed by atoms with van der Waals surface area (Å²) in [7, 11) is 0.